The van der Waals surface area contributed by atoms with E-state index in [1.165, 1.54) is 10.6 Å². The van der Waals surface area contributed by atoms with Crippen molar-refractivity contribution in [3.05, 3.63) is 64.2 Å². The van der Waals surface area contributed by atoms with Crippen LogP contribution in [0.15, 0.2) is 42.5 Å². The van der Waals surface area contributed by atoms with E-state index in [1.807, 2.05) is 65.0 Å². The Balaban J connectivity index is 2.27. The minimum Gasteiger partial charge on any atom is -0.352 e. The van der Waals surface area contributed by atoms with Crippen molar-refractivity contribution in [2.75, 3.05) is 17.1 Å². The van der Waals surface area contributed by atoms with Gasteiger partial charge in [-0.1, -0.05) is 55.8 Å². The van der Waals surface area contributed by atoms with E-state index in [4.69, 9.17) is 11.6 Å². The van der Waals surface area contributed by atoms with Gasteiger partial charge in [0.05, 0.1) is 11.9 Å². The summed E-state index contributed by atoms with van der Waals surface area (Å²) in [5.74, 6) is -0.425. The summed E-state index contributed by atoms with van der Waals surface area (Å²) in [7, 11) is -3.55. The number of nitrogens with zero attached hydrogens (tertiary/aromatic N) is 2. The zero-order chi connectivity index (χ0) is 27.8. The molecule has 0 fully saturated rings. The standard InChI is InChI=1S/C28H40ClN3O4S/c1-7-21(4)30-28(34)25(8-2)31(19-23-14-9-10-15-24(23)29)27(33)17-12-18-32(37(6,35)36)26-16-11-13-20(3)22(26)5/h9-11,13-16,21,25H,7-8,12,17-19H2,1-6H3,(H,30,34). The van der Waals surface area contributed by atoms with Crippen molar-refractivity contribution >= 4 is 39.1 Å². The maximum atomic E-state index is 13.5. The zero-order valence-corrected chi connectivity index (χ0v) is 24.3. The number of nitrogens with one attached hydrogen (secondary N) is 1. The highest BCUT2D eigenvalue weighted by molar-refractivity contribution is 7.92. The molecular weight excluding hydrogens is 510 g/mol. The van der Waals surface area contributed by atoms with E-state index in [0.29, 0.717) is 23.6 Å². The number of rotatable bonds is 13. The third-order valence-electron chi connectivity index (χ3n) is 6.68. The Morgan fingerprint density at radius 2 is 1.70 bits per heavy atom. The van der Waals surface area contributed by atoms with Crippen molar-refractivity contribution in [3.63, 3.8) is 0 Å². The fourth-order valence-corrected chi connectivity index (χ4v) is 5.37. The first kappa shape index (κ1) is 30.6. The summed E-state index contributed by atoms with van der Waals surface area (Å²) in [6.07, 6.45) is 2.79. The molecule has 0 spiro atoms. The SMILES string of the molecule is CCC(C)NC(=O)C(CC)N(Cc1ccccc1Cl)C(=O)CCCN(c1cccc(C)c1C)S(C)(=O)=O. The molecule has 0 aliphatic carbocycles. The fraction of sp³-hybridized carbons (Fsp3) is 0.500. The van der Waals surface area contributed by atoms with Gasteiger partial charge in [-0.2, -0.15) is 0 Å². The molecule has 2 aromatic rings. The summed E-state index contributed by atoms with van der Waals surface area (Å²) >= 11 is 6.39. The molecule has 1 N–H and O–H groups in total. The molecule has 7 nitrogen and oxygen atoms in total. The zero-order valence-electron chi connectivity index (χ0n) is 22.8. The Bertz CT molecular complexity index is 1190. The first-order valence-electron chi connectivity index (χ1n) is 12.8. The highest BCUT2D eigenvalue weighted by atomic mass is 35.5. The molecule has 2 amide bonds. The van der Waals surface area contributed by atoms with E-state index in [-0.39, 0.29) is 37.4 Å². The van der Waals surface area contributed by atoms with Crippen LogP contribution in [0.1, 0.15) is 63.1 Å². The third-order valence-corrected chi connectivity index (χ3v) is 8.23. The van der Waals surface area contributed by atoms with E-state index >= 15 is 0 Å². The lowest BCUT2D eigenvalue weighted by atomic mass is 10.1. The Kier molecular flexibility index (Phi) is 11.4. The quantitative estimate of drug-likeness (QED) is 0.371. The van der Waals surface area contributed by atoms with Gasteiger partial charge in [-0.3, -0.25) is 13.9 Å². The molecule has 0 heterocycles. The average molecular weight is 550 g/mol. The number of amides is 2. The van der Waals surface area contributed by atoms with Crippen LogP contribution in [0.3, 0.4) is 0 Å². The smallest absolute Gasteiger partial charge is 0.243 e. The van der Waals surface area contributed by atoms with Gasteiger partial charge in [-0.15, -0.1) is 0 Å². The van der Waals surface area contributed by atoms with Gasteiger partial charge in [-0.25, -0.2) is 8.42 Å². The summed E-state index contributed by atoms with van der Waals surface area (Å²) in [6.45, 7) is 9.97. The summed E-state index contributed by atoms with van der Waals surface area (Å²) in [5, 5.41) is 3.51. The Hall–Kier alpha value is -2.58. The predicted octanol–water partition coefficient (Wildman–Crippen LogP) is 5.23. The molecule has 37 heavy (non-hydrogen) atoms. The van der Waals surface area contributed by atoms with Gasteiger partial charge in [0.15, 0.2) is 0 Å². The molecule has 0 saturated carbocycles. The number of carbonyl (C=O) groups is 2. The number of hydrogen-bond donors (Lipinski definition) is 1. The van der Waals surface area contributed by atoms with E-state index in [9.17, 15) is 18.0 Å². The van der Waals surface area contributed by atoms with Gasteiger partial charge in [0.25, 0.3) is 0 Å². The number of halogens is 1. The maximum Gasteiger partial charge on any atom is 0.243 e. The minimum absolute atomic E-state index is 0.0142. The van der Waals surface area contributed by atoms with Crippen molar-refractivity contribution in [1.82, 2.24) is 10.2 Å². The normalized spacial score (nSPS) is 13.1. The van der Waals surface area contributed by atoms with Crippen molar-refractivity contribution in [1.29, 1.82) is 0 Å². The summed E-state index contributed by atoms with van der Waals surface area (Å²) in [6, 6.07) is 12.1. The van der Waals surface area contributed by atoms with Crippen LogP contribution >= 0.6 is 11.6 Å². The molecule has 0 radical (unpaired) electrons. The molecule has 9 heteroatoms. The average Bonchev–Trinajstić information content (AvgIpc) is 2.84. The number of benzene rings is 2. The molecule has 0 aliphatic rings. The topological polar surface area (TPSA) is 86.8 Å². The van der Waals surface area contributed by atoms with Crippen LogP contribution in [0, 0.1) is 13.8 Å². The second kappa shape index (κ2) is 13.8. The van der Waals surface area contributed by atoms with Crippen molar-refractivity contribution in [2.45, 2.75) is 78.9 Å². The molecule has 0 aliphatic heterocycles. The van der Waals surface area contributed by atoms with Crippen LogP contribution in [0.5, 0.6) is 0 Å². The van der Waals surface area contributed by atoms with Crippen LogP contribution in [-0.4, -0.2) is 50.0 Å². The highest BCUT2D eigenvalue weighted by Gasteiger charge is 2.30. The van der Waals surface area contributed by atoms with Crippen LogP contribution in [0.2, 0.25) is 5.02 Å². The van der Waals surface area contributed by atoms with E-state index in [2.05, 4.69) is 5.32 Å². The lowest BCUT2D eigenvalue weighted by Crippen LogP contribution is -2.50. The van der Waals surface area contributed by atoms with E-state index in [1.54, 1.807) is 17.0 Å². The van der Waals surface area contributed by atoms with Gasteiger partial charge in [0.1, 0.15) is 6.04 Å². The van der Waals surface area contributed by atoms with Crippen LogP contribution < -0.4 is 9.62 Å². The van der Waals surface area contributed by atoms with E-state index < -0.39 is 16.1 Å². The number of anilines is 1. The monoisotopic (exact) mass is 549 g/mol. The van der Waals surface area contributed by atoms with Gasteiger partial charge in [0, 0.05) is 30.6 Å². The molecule has 0 bridgehead atoms. The molecule has 2 unspecified atom stereocenters. The van der Waals surface area contributed by atoms with Crippen LogP contribution in [0.25, 0.3) is 0 Å². The number of aryl methyl sites for hydroxylation is 1. The fourth-order valence-electron chi connectivity index (χ4n) is 4.16. The second-order valence-corrected chi connectivity index (χ2v) is 11.8. The van der Waals surface area contributed by atoms with Crippen molar-refractivity contribution in [3.8, 4) is 0 Å². The first-order valence-corrected chi connectivity index (χ1v) is 15.0. The molecule has 0 aromatic heterocycles. The molecule has 0 saturated heterocycles. The molecule has 2 aromatic carbocycles. The molecule has 2 rings (SSSR count). The Labute approximate surface area is 227 Å². The van der Waals surface area contributed by atoms with Crippen LogP contribution in [0.4, 0.5) is 5.69 Å². The van der Waals surface area contributed by atoms with Crippen LogP contribution in [-0.2, 0) is 26.2 Å². The Morgan fingerprint density at radius 3 is 2.30 bits per heavy atom. The summed E-state index contributed by atoms with van der Waals surface area (Å²) in [5.41, 5.74) is 3.24. The molecular formula is C28H40ClN3O4S. The number of sulfonamides is 1. The lowest BCUT2D eigenvalue weighted by molar-refractivity contribution is -0.141. The molecule has 204 valence electrons. The maximum absolute atomic E-state index is 13.5. The van der Waals surface area contributed by atoms with Crippen molar-refractivity contribution < 1.29 is 18.0 Å². The highest BCUT2D eigenvalue weighted by Crippen LogP contribution is 2.26. The first-order chi connectivity index (χ1) is 17.4. The van der Waals surface area contributed by atoms with Gasteiger partial charge in [0.2, 0.25) is 21.8 Å². The predicted molar refractivity (Wildman–Crippen MR) is 151 cm³/mol. The number of carbonyl (C=O) groups excluding carboxylic acids is 2. The Morgan fingerprint density at radius 1 is 1.03 bits per heavy atom. The number of hydrogen-bond acceptors (Lipinski definition) is 4. The van der Waals surface area contributed by atoms with E-state index in [0.717, 1.165) is 23.1 Å². The third kappa shape index (κ3) is 8.47. The summed E-state index contributed by atoms with van der Waals surface area (Å²) in [4.78, 5) is 28.2. The van der Waals surface area contributed by atoms with Gasteiger partial charge >= 0.3 is 0 Å². The minimum atomic E-state index is -3.55. The van der Waals surface area contributed by atoms with Crippen molar-refractivity contribution in [2.24, 2.45) is 0 Å². The largest absolute Gasteiger partial charge is 0.352 e. The van der Waals surface area contributed by atoms with Gasteiger partial charge in [-0.05, 0) is 68.9 Å². The molecule has 2 atom stereocenters. The second-order valence-electron chi connectivity index (χ2n) is 9.51. The summed E-state index contributed by atoms with van der Waals surface area (Å²) < 4.78 is 26.6. The van der Waals surface area contributed by atoms with Gasteiger partial charge < -0.3 is 10.2 Å². The lowest BCUT2D eigenvalue weighted by Gasteiger charge is -2.32.